The van der Waals surface area contributed by atoms with E-state index in [1.165, 1.54) is 21.6 Å². The first-order valence-electron chi connectivity index (χ1n) is 6.55. The van der Waals surface area contributed by atoms with Crippen LogP contribution in [0.4, 0.5) is 0 Å². The highest BCUT2D eigenvalue weighted by atomic mass is 35.5. The van der Waals surface area contributed by atoms with Crippen LogP contribution >= 0.6 is 34.3 Å². The second-order valence-corrected chi connectivity index (χ2v) is 7.69. The second kappa shape index (κ2) is 4.77. The van der Waals surface area contributed by atoms with Crippen LogP contribution in [0.3, 0.4) is 0 Å². The van der Waals surface area contributed by atoms with Crippen LogP contribution in [0.15, 0.2) is 30.3 Å². The van der Waals surface area contributed by atoms with Crippen molar-refractivity contribution >= 4 is 54.7 Å². The molecule has 0 amide bonds. The average molecular weight is 331 g/mol. The van der Waals surface area contributed by atoms with E-state index in [1.807, 2.05) is 0 Å². The first kappa shape index (κ1) is 13.2. The van der Waals surface area contributed by atoms with E-state index in [-0.39, 0.29) is 0 Å². The minimum absolute atomic E-state index is 0.588. The topological polar surface area (TPSA) is 25.8 Å². The second-order valence-electron chi connectivity index (χ2n) is 5.05. The van der Waals surface area contributed by atoms with Gasteiger partial charge < -0.3 is 0 Å². The summed E-state index contributed by atoms with van der Waals surface area (Å²) in [5, 5.41) is 1.05. The van der Waals surface area contributed by atoms with Crippen molar-refractivity contribution in [2.75, 3.05) is 0 Å². The summed E-state index contributed by atoms with van der Waals surface area (Å²) < 4.78 is 2.93. The number of rotatable bonds is 1. The van der Waals surface area contributed by atoms with Crippen molar-refractivity contribution < 1.29 is 0 Å². The van der Waals surface area contributed by atoms with Crippen LogP contribution in [-0.2, 0) is 0 Å². The molecule has 0 saturated carbocycles. The van der Waals surface area contributed by atoms with Crippen molar-refractivity contribution in [3.63, 3.8) is 0 Å². The van der Waals surface area contributed by atoms with Crippen LogP contribution in [0.2, 0.25) is 4.47 Å². The van der Waals surface area contributed by atoms with Gasteiger partial charge in [-0.15, -0.1) is 22.7 Å². The average Bonchev–Trinajstić information content (AvgIpc) is 3.02. The summed E-state index contributed by atoms with van der Waals surface area (Å²) in [6.45, 7) is 4.17. The minimum Gasteiger partial charge on any atom is -0.236 e. The van der Waals surface area contributed by atoms with Gasteiger partial charge in [-0.05, 0) is 43.2 Å². The first-order valence-corrected chi connectivity index (χ1v) is 8.56. The van der Waals surface area contributed by atoms with E-state index >= 15 is 0 Å². The minimum atomic E-state index is 0.588. The highest BCUT2D eigenvalue weighted by Gasteiger charge is 2.12. The Kier molecular flexibility index (Phi) is 2.99. The molecule has 0 fully saturated rings. The maximum absolute atomic E-state index is 6.03. The lowest BCUT2D eigenvalue weighted by Crippen LogP contribution is -1.81. The van der Waals surface area contributed by atoms with E-state index in [1.54, 1.807) is 11.3 Å². The summed E-state index contributed by atoms with van der Waals surface area (Å²) in [4.78, 5) is 9.18. The third-order valence-electron chi connectivity index (χ3n) is 3.53. The molecule has 2 aromatic carbocycles. The molecule has 0 aliphatic carbocycles. The smallest absolute Gasteiger partial charge is 0.184 e. The molecule has 104 valence electrons. The third kappa shape index (κ3) is 2.14. The molecule has 0 atom stereocenters. The van der Waals surface area contributed by atoms with Gasteiger partial charge in [0.25, 0.3) is 0 Å². The summed E-state index contributed by atoms with van der Waals surface area (Å²) in [5.74, 6) is 0. The van der Waals surface area contributed by atoms with Crippen molar-refractivity contribution in [1.29, 1.82) is 0 Å². The van der Waals surface area contributed by atoms with Crippen molar-refractivity contribution in [3.05, 3.63) is 45.9 Å². The fraction of sp³-hybridized carbons (Fsp3) is 0.125. The standard InChI is InChI=1S/C16H11ClN2S2/c1-8-4-3-5-11-13(8)18-15(20-11)10-6-9(2)14-12(7-10)21-16(17)19-14/h3-7H,1-2H3. The molecule has 5 heteroatoms. The molecule has 0 radical (unpaired) electrons. The van der Waals surface area contributed by atoms with E-state index in [9.17, 15) is 0 Å². The van der Waals surface area contributed by atoms with E-state index in [0.29, 0.717) is 4.47 Å². The Morgan fingerprint density at radius 1 is 0.905 bits per heavy atom. The maximum atomic E-state index is 6.03. The highest BCUT2D eigenvalue weighted by Crippen LogP contribution is 2.36. The Labute approximate surface area is 135 Å². The van der Waals surface area contributed by atoms with Crippen LogP contribution in [0.5, 0.6) is 0 Å². The van der Waals surface area contributed by atoms with Gasteiger partial charge >= 0.3 is 0 Å². The number of hydrogen-bond acceptors (Lipinski definition) is 4. The molecule has 0 spiro atoms. The van der Waals surface area contributed by atoms with E-state index in [2.05, 4.69) is 49.2 Å². The Morgan fingerprint density at radius 3 is 2.52 bits per heavy atom. The van der Waals surface area contributed by atoms with Gasteiger partial charge in [0.1, 0.15) is 5.01 Å². The van der Waals surface area contributed by atoms with Crippen molar-refractivity contribution in [2.24, 2.45) is 0 Å². The zero-order chi connectivity index (χ0) is 14.6. The molecule has 4 aromatic rings. The predicted octanol–water partition coefficient (Wildman–Crippen LogP) is 5.84. The molecular formula is C16H11ClN2S2. The SMILES string of the molecule is Cc1cc(-c2nc3c(C)cccc3s2)cc2sc(Cl)nc12. The molecule has 4 rings (SSSR count). The van der Waals surface area contributed by atoms with Gasteiger partial charge in [-0.2, -0.15) is 0 Å². The monoisotopic (exact) mass is 330 g/mol. The first-order chi connectivity index (χ1) is 10.1. The number of aryl methyl sites for hydroxylation is 2. The third-order valence-corrected chi connectivity index (χ3v) is 5.70. The Bertz CT molecular complexity index is 985. The molecule has 0 N–H and O–H groups in total. The quantitative estimate of drug-likeness (QED) is 0.438. The van der Waals surface area contributed by atoms with Gasteiger partial charge in [-0.25, -0.2) is 9.97 Å². The summed E-state index contributed by atoms with van der Waals surface area (Å²) in [6.07, 6.45) is 0. The van der Waals surface area contributed by atoms with Crippen LogP contribution in [0.25, 0.3) is 31.0 Å². The zero-order valence-electron chi connectivity index (χ0n) is 11.5. The lowest BCUT2D eigenvalue weighted by atomic mass is 10.1. The van der Waals surface area contributed by atoms with Gasteiger partial charge in [0.05, 0.1) is 20.4 Å². The molecule has 2 nitrogen and oxygen atoms in total. The van der Waals surface area contributed by atoms with E-state index in [0.717, 1.165) is 31.9 Å². The van der Waals surface area contributed by atoms with Gasteiger partial charge in [0.15, 0.2) is 4.47 Å². The van der Waals surface area contributed by atoms with Gasteiger partial charge in [0, 0.05) is 5.56 Å². The van der Waals surface area contributed by atoms with Gasteiger partial charge in [-0.1, -0.05) is 23.7 Å². The Balaban J connectivity index is 1.97. The highest BCUT2D eigenvalue weighted by molar-refractivity contribution is 7.22. The summed E-state index contributed by atoms with van der Waals surface area (Å²) in [7, 11) is 0. The maximum Gasteiger partial charge on any atom is 0.184 e. The molecule has 0 aliphatic rings. The largest absolute Gasteiger partial charge is 0.236 e. The Morgan fingerprint density at radius 2 is 1.71 bits per heavy atom. The zero-order valence-corrected chi connectivity index (χ0v) is 13.9. The number of nitrogens with zero attached hydrogens (tertiary/aromatic N) is 2. The summed E-state index contributed by atoms with van der Waals surface area (Å²) in [6, 6.07) is 10.6. The van der Waals surface area contributed by atoms with Crippen molar-refractivity contribution in [1.82, 2.24) is 9.97 Å². The number of aromatic nitrogens is 2. The molecule has 21 heavy (non-hydrogen) atoms. The number of hydrogen-bond donors (Lipinski definition) is 0. The lowest BCUT2D eigenvalue weighted by Gasteiger charge is -1.99. The molecule has 0 saturated heterocycles. The van der Waals surface area contributed by atoms with Crippen LogP contribution < -0.4 is 0 Å². The molecule has 0 bridgehead atoms. The molecule has 2 aromatic heterocycles. The van der Waals surface area contributed by atoms with Crippen LogP contribution in [0, 0.1) is 13.8 Å². The van der Waals surface area contributed by atoms with Crippen LogP contribution in [0.1, 0.15) is 11.1 Å². The summed E-state index contributed by atoms with van der Waals surface area (Å²) >= 11 is 9.28. The van der Waals surface area contributed by atoms with E-state index < -0.39 is 0 Å². The van der Waals surface area contributed by atoms with Gasteiger partial charge in [0.2, 0.25) is 0 Å². The molecular weight excluding hydrogens is 320 g/mol. The normalized spacial score (nSPS) is 11.6. The fourth-order valence-electron chi connectivity index (χ4n) is 2.50. The van der Waals surface area contributed by atoms with Crippen molar-refractivity contribution in [3.8, 4) is 10.6 Å². The number of para-hydroxylation sites is 1. The summed E-state index contributed by atoms with van der Waals surface area (Å²) in [5.41, 5.74) is 5.58. The van der Waals surface area contributed by atoms with E-state index in [4.69, 9.17) is 16.6 Å². The number of benzene rings is 2. The van der Waals surface area contributed by atoms with Crippen molar-refractivity contribution in [2.45, 2.75) is 13.8 Å². The molecule has 0 aliphatic heterocycles. The number of halogens is 1. The number of fused-ring (bicyclic) bond motifs is 2. The lowest BCUT2D eigenvalue weighted by molar-refractivity contribution is 1.40. The fourth-order valence-corrected chi connectivity index (χ4v) is 4.68. The molecule has 0 unspecified atom stereocenters. The predicted molar refractivity (Wildman–Crippen MR) is 92.7 cm³/mol. The van der Waals surface area contributed by atoms with Crippen LogP contribution in [-0.4, -0.2) is 9.97 Å². The number of thiazole rings is 2. The Hall–Kier alpha value is -1.49. The molecule has 2 heterocycles. The van der Waals surface area contributed by atoms with Gasteiger partial charge in [-0.3, -0.25) is 0 Å².